The molecule has 0 aliphatic heterocycles. The summed E-state index contributed by atoms with van der Waals surface area (Å²) in [5.41, 5.74) is 3.01. The molecule has 0 saturated heterocycles. The molecule has 0 aromatic carbocycles. The van der Waals surface area contributed by atoms with Crippen molar-refractivity contribution in [3.8, 4) is 0 Å². The van der Waals surface area contributed by atoms with Gasteiger partial charge in [0.15, 0.2) is 5.65 Å². The third-order valence-corrected chi connectivity index (χ3v) is 4.11. The Morgan fingerprint density at radius 2 is 2.17 bits per heavy atom. The second-order valence-corrected chi connectivity index (χ2v) is 5.91. The smallest absolute Gasteiger partial charge is 0.256 e. The number of fused-ring (bicyclic) bond motifs is 1. The van der Waals surface area contributed by atoms with Gasteiger partial charge in [-0.2, -0.15) is 0 Å². The number of aryl methyl sites for hydroxylation is 1. The summed E-state index contributed by atoms with van der Waals surface area (Å²) in [6, 6.07) is 7.90. The highest BCUT2D eigenvalue weighted by atomic mass is 16.2. The van der Waals surface area contributed by atoms with Gasteiger partial charge in [0, 0.05) is 25.5 Å². The highest BCUT2D eigenvalue weighted by Crippen LogP contribution is 2.29. The van der Waals surface area contributed by atoms with Crippen molar-refractivity contribution in [3.05, 3.63) is 54.2 Å². The van der Waals surface area contributed by atoms with Crippen LogP contribution in [0.25, 0.3) is 11.2 Å². The van der Waals surface area contributed by atoms with Crippen LogP contribution in [0.3, 0.4) is 0 Å². The Hall–Kier alpha value is -2.76. The van der Waals surface area contributed by atoms with E-state index in [-0.39, 0.29) is 5.91 Å². The Morgan fingerprint density at radius 3 is 2.91 bits per heavy atom. The van der Waals surface area contributed by atoms with Crippen molar-refractivity contribution in [2.24, 2.45) is 7.05 Å². The predicted octanol–water partition coefficient (Wildman–Crippen LogP) is 2.17. The van der Waals surface area contributed by atoms with Gasteiger partial charge in [-0.1, -0.05) is 6.07 Å². The van der Waals surface area contributed by atoms with Crippen molar-refractivity contribution in [2.45, 2.75) is 25.4 Å². The van der Waals surface area contributed by atoms with Gasteiger partial charge in [0.05, 0.1) is 24.1 Å². The van der Waals surface area contributed by atoms with Gasteiger partial charge in [-0.05, 0) is 31.0 Å². The van der Waals surface area contributed by atoms with E-state index in [1.54, 1.807) is 18.7 Å². The summed E-state index contributed by atoms with van der Waals surface area (Å²) in [5.74, 6) is -0.00166. The van der Waals surface area contributed by atoms with Gasteiger partial charge in [0.1, 0.15) is 5.52 Å². The summed E-state index contributed by atoms with van der Waals surface area (Å²) in [6.45, 7) is 0.532. The number of aromatic nitrogens is 4. The number of carbonyl (C=O) groups excluding carboxylic acids is 1. The van der Waals surface area contributed by atoms with E-state index in [9.17, 15) is 4.79 Å². The van der Waals surface area contributed by atoms with Crippen molar-refractivity contribution in [1.82, 2.24) is 24.4 Å². The first kappa shape index (κ1) is 13.9. The molecule has 6 nitrogen and oxygen atoms in total. The lowest BCUT2D eigenvalue weighted by atomic mass is 10.2. The van der Waals surface area contributed by atoms with Gasteiger partial charge in [0.2, 0.25) is 0 Å². The summed E-state index contributed by atoms with van der Waals surface area (Å²) in [5, 5.41) is 0. The second kappa shape index (κ2) is 5.46. The van der Waals surface area contributed by atoms with E-state index in [0.29, 0.717) is 18.2 Å². The van der Waals surface area contributed by atoms with Crippen LogP contribution in [0.4, 0.5) is 0 Å². The Kier molecular flexibility index (Phi) is 3.29. The number of pyridine rings is 2. The monoisotopic (exact) mass is 307 g/mol. The average Bonchev–Trinajstić information content (AvgIpc) is 3.36. The third kappa shape index (κ3) is 2.67. The molecule has 0 atom stereocenters. The van der Waals surface area contributed by atoms with Gasteiger partial charge in [0.25, 0.3) is 5.91 Å². The van der Waals surface area contributed by atoms with Gasteiger partial charge < -0.3 is 9.47 Å². The maximum Gasteiger partial charge on any atom is 0.256 e. The molecular formula is C17H17N5O. The van der Waals surface area contributed by atoms with Crippen molar-refractivity contribution < 1.29 is 4.79 Å². The van der Waals surface area contributed by atoms with Crippen molar-refractivity contribution in [3.63, 3.8) is 0 Å². The molecular weight excluding hydrogens is 290 g/mol. The summed E-state index contributed by atoms with van der Waals surface area (Å²) >= 11 is 0. The van der Waals surface area contributed by atoms with Crippen LogP contribution in [-0.2, 0) is 13.6 Å². The van der Waals surface area contributed by atoms with E-state index in [2.05, 4.69) is 15.0 Å². The minimum absolute atomic E-state index is 0.00166. The second-order valence-electron chi connectivity index (χ2n) is 5.91. The summed E-state index contributed by atoms with van der Waals surface area (Å²) < 4.78 is 1.84. The van der Waals surface area contributed by atoms with Crippen molar-refractivity contribution in [1.29, 1.82) is 0 Å². The van der Waals surface area contributed by atoms with Crippen LogP contribution in [0.5, 0.6) is 0 Å². The molecule has 116 valence electrons. The van der Waals surface area contributed by atoms with E-state index in [1.165, 1.54) is 0 Å². The lowest BCUT2D eigenvalue weighted by molar-refractivity contribution is 0.0727. The molecule has 1 amide bonds. The zero-order valence-electron chi connectivity index (χ0n) is 12.9. The van der Waals surface area contributed by atoms with E-state index in [1.807, 2.05) is 40.8 Å². The van der Waals surface area contributed by atoms with Crippen LogP contribution in [0.1, 0.15) is 28.9 Å². The summed E-state index contributed by atoms with van der Waals surface area (Å²) in [7, 11) is 1.89. The van der Waals surface area contributed by atoms with Crippen molar-refractivity contribution >= 4 is 17.1 Å². The fraction of sp³-hybridized carbons (Fsp3) is 0.294. The molecule has 0 spiro atoms. The van der Waals surface area contributed by atoms with E-state index >= 15 is 0 Å². The molecule has 1 aliphatic rings. The average molecular weight is 307 g/mol. The molecule has 0 radical (unpaired) electrons. The van der Waals surface area contributed by atoms with Crippen LogP contribution in [0.15, 0.2) is 43.0 Å². The highest BCUT2D eigenvalue weighted by molar-refractivity contribution is 5.96. The SMILES string of the molecule is Cn1cnc2cc(C(=O)N(Cc3ccccn3)C3CC3)cnc21. The minimum Gasteiger partial charge on any atom is -0.330 e. The standard InChI is InChI=1S/C17H17N5O/c1-21-11-20-15-8-12(9-19-16(15)21)17(23)22(14-5-6-14)10-13-4-2-3-7-18-13/h2-4,7-9,11,14H,5-6,10H2,1H3. The first-order valence-electron chi connectivity index (χ1n) is 7.70. The van der Waals surface area contributed by atoms with Gasteiger partial charge in [-0.3, -0.25) is 9.78 Å². The van der Waals surface area contributed by atoms with E-state index in [0.717, 1.165) is 29.7 Å². The number of nitrogens with zero attached hydrogens (tertiary/aromatic N) is 5. The van der Waals surface area contributed by atoms with E-state index < -0.39 is 0 Å². The topological polar surface area (TPSA) is 63.9 Å². The molecule has 3 aromatic rings. The number of hydrogen-bond donors (Lipinski definition) is 0. The largest absolute Gasteiger partial charge is 0.330 e. The number of hydrogen-bond acceptors (Lipinski definition) is 4. The zero-order chi connectivity index (χ0) is 15.8. The Labute approximate surface area is 133 Å². The molecule has 1 fully saturated rings. The van der Waals surface area contributed by atoms with Gasteiger partial charge >= 0.3 is 0 Å². The number of rotatable bonds is 4. The number of amides is 1. The molecule has 1 saturated carbocycles. The fourth-order valence-electron chi connectivity index (χ4n) is 2.72. The fourth-order valence-corrected chi connectivity index (χ4v) is 2.72. The molecule has 0 bridgehead atoms. The first-order chi connectivity index (χ1) is 11.2. The lowest BCUT2D eigenvalue weighted by Gasteiger charge is -2.22. The Bertz CT molecular complexity index is 854. The Morgan fingerprint density at radius 1 is 1.30 bits per heavy atom. The Balaban J connectivity index is 1.63. The molecule has 0 N–H and O–H groups in total. The molecule has 6 heteroatoms. The molecule has 3 heterocycles. The summed E-state index contributed by atoms with van der Waals surface area (Å²) in [4.78, 5) is 27.8. The first-order valence-corrected chi connectivity index (χ1v) is 7.70. The van der Waals surface area contributed by atoms with E-state index in [4.69, 9.17) is 0 Å². The normalized spacial score (nSPS) is 14.1. The quantitative estimate of drug-likeness (QED) is 0.741. The molecule has 23 heavy (non-hydrogen) atoms. The third-order valence-electron chi connectivity index (χ3n) is 4.11. The molecule has 1 aliphatic carbocycles. The van der Waals surface area contributed by atoms with Crippen LogP contribution in [0.2, 0.25) is 0 Å². The van der Waals surface area contributed by atoms with Crippen LogP contribution >= 0.6 is 0 Å². The number of imidazole rings is 1. The van der Waals surface area contributed by atoms with Crippen LogP contribution in [-0.4, -0.2) is 36.4 Å². The number of carbonyl (C=O) groups is 1. The lowest BCUT2D eigenvalue weighted by Crippen LogP contribution is -2.33. The van der Waals surface area contributed by atoms with Gasteiger partial charge in [-0.25, -0.2) is 9.97 Å². The zero-order valence-corrected chi connectivity index (χ0v) is 12.9. The van der Waals surface area contributed by atoms with Gasteiger partial charge in [-0.15, -0.1) is 0 Å². The molecule has 3 aromatic heterocycles. The maximum absolute atomic E-state index is 12.9. The molecule has 0 unspecified atom stereocenters. The predicted molar refractivity (Wildman–Crippen MR) is 85.6 cm³/mol. The summed E-state index contributed by atoms with van der Waals surface area (Å²) in [6.07, 6.45) is 7.21. The van der Waals surface area contributed by atoms with Crippen molar-refractivity contribution in [2.75, 3.05) is 0 Å². The maximum atomic E-state index is 12.9. The molecule has 4 rings (SSSR count). The minimum atomic E-state index is -0.00166. The highest BCUT2D eigenvalue weighted by Gasteiger charge is 2.33. The van der Waals surface area contributed by atoms with Crippen LogP contribution < -0.4 is 0 Å². The van der Waals surface area contributed by atoms with Crippen LogP contribution in [0, 0.1) is 0 Å².